The Labute approximate surface area is 185 Å². The summed E-state index contributed by atoms with van der Waals surface area (Å²) in [6.45, 7) is 4.13. The number of carbonyl (C=O) groups is 2. The summed E-state index contributed by atoms with van der Waals surface area (Å²) >= 11 is 1.33. The maximum Gasteiger partial charge on any atom is 0.338 e. The number of benzene rings is 2. The van der Waals surface area contributed by atoms with Gasteiger partial charge in [0.05, 0.1) is 22.8 Å². The molecule has 0 spiro atoms. The lowest BCUT2D eigenvalue weighted by molar-refractivity contribution is -0.121. The van der Waals surface area contributed by atoms with Gasteiger partial charge in [-0.15, -0.1) is 0 Å². The fraction of sp³-hybridized carbons (Fsp3) is 0.208. The van der Waals surface area contributed by atoms with Gasteiger partial charge in [0.15, 0.2) is 5.17 Å². The molecule has 7 heteroatoms. The minimum absolute atomic E-state index is 0.0994. The van der Waals surface area contributed by atoms with Gasteiger partial charge >= 0.3 is 5.97 Å². The number of amidine groups is 1. The van der Waals surface area contributed by atoms with Gasteiger partial charge in [0.25, 0.3) is 5.91 Å². The van der Waals surface area contributed by atoms with E-state index in [1.165, 1.54) is 16.7 Å². The smallest absolute Gasteiger partial charge is 0.338 e. The van der Waals surface area contributed by atoms with Gasteiger partial charge in [0.2, 0.25) is 0 Å². The molecular weight excluding hydrogens is 410 g/mol. The number of rotatable bonds is 4. The number of carbonyl (C=O) groups excluding carboxylic acids is 2. The first kappa shape index (κ1) is 20.9. The van der Waals surface area contributed by atoms with Crippen molar-refractivity contribution < 1.29 is 14.3 Å². The predicted molar refractivity (Wildman–Crippen MR) is 125 cm³/mol. The van der Waals surface area contributed by atoms with E-state index in [9.17, 15) is 9.59 Å². The molecule has 2 heterocycles. The lowest BCUT2D eigenvalue weighted by atomic mass is 10.1. The van der Waals surface area contributed by atoms with Crippen LogP contribution in [-0.4, -0.2) is 40.2 Å². The highest BCUT2D eigenvalue weighted by atomic mass is 32.2. The molecule has 4 rings (SSSR count). The summed E-state index contributed by atoms with van der Waals surface area (Å²) in [4.78, 5) is 31.6. The van der Waals surface area contributed by atoms with E-state index in [-0.39, 0.29) is 11.9 Å². The molecule has 31 heavy (non-hydrogen) atoms. The zero-order valence-electron chi connectivity index (χ0n) is 17.9. The quantitative estimate of drug-likeness (QED) is 0.434. The normalized spacial score (nSPS) is 16.6. The second-order valence-corrected chi connectivity index (χ2v) is 8.22. The highest BCUT2D eigenvalue weighted by Crippen LogP contribution is 2.36. The molecule has 0 saturated carbocycles. The largest absolute Gasteiger partial charge is 0.462 e. The van der Waals surface area contributed by atoms with Crippen LogP contribution in [-0.2, 0) is 16.6 Å². The summed E-state index contributed by atoms with van der Waals surface area (Å²) in [6.07, 6.45) is 1.94. The highest BCUT2D eigenvalue weighted by Gasteiger charge is 2.31. The van der Waals surface area contributed by atoms with Crippen LogP contribution >= 0.6 is 11.8 Å². The second-order valence-electron chi connectivity index (χ2n) is 7.22. The van der Waals surface area contributed by atoms with Gasteiger partial charge in [0.1, 0.15) is 0 Å². The van der Waals surface area contributed by atoms with E-state index in [4.69, 9.17) is 4.74 Å². The monoisotopic (exact) mass is 433 g/mol. The van der Waals surface area contributed by atoms with Gasteiger partial charge in [-0.05, 0) is 56.0 Å². The first-order valence-electron chi connectivity index (χ1n) is 9.98. The molecule has 0 radical (unpaired) electrons. The van der Waals surface area contributed by atoms with E-state index >= 15 is 0 Å². The van der Waals surface area contributed by atoms with Crippen molar-refractivity contribution in [2.45, 2.75) is 13.8 Å². The number of hydrogen-bond donors (Lipinski definition) is 0. The Morgan fingerprint density at radius 2 is 1.94 bits per heavy atom. The van der Waals surface area contributed by atoms with Crippen molar-refractivity contribution in [2.75, 3.05) is 13.7 Å². The summed E-state index contributed by atoms with van der Waals surface area (Å²) in [6, 6.07) is 15.1. The molecule has 1 amide bonds. The van der Waals surface area contributed by atoms with Crippen LogP contribution in [0.25, 0.3) is 17.0 Å². The Bertz CT molecular complexity index is 1260. The number of fused-ring (bicyclic) bond motifs is 1. The van der Waals surface area contributed by atoms with Crippen molar-refractivity contribution in [1.29, 1.82) is 0 Å². The summed E-state index contributed by atoms with van der Waals surface area (Å²) in [5, 5.41) is 1.67. The maximum atomic E-state index is 12.9. The first-order chi connectivity index (χ1) is 14.9. The zero-order valence-corrected chi connectivity index (χ0v) is 18.7. The summed E-state index contributed by atoms with van der Waals surface area (Å²) in [5.74, 6) is -0.488. The van der Waals surface area contributed by atoms with E-state index in [2.05, 4.69) is 28.6 Å². The van der Waals surface area contributed by atoms with Crippen molar-refractivity contribution in [3.8, 4) is 0 Å². The van der Waals surface area contributed by atoms with Crippen molar-refractivity contribution in [1.82, 2.24) is 9.47 Å². The molecule has 0 unspecified atom stereocenters. The topological polar surface area (TPSA) is 63.9 Å². The number of ether oxygens (including phenoxy) is 1. The number of nitrogens with zero attached hydrogens (tertiary/aromatic N) is 3. The van der Waals surface area contributed by atoms with Gasteiger partial charge in [-0.2, -0.15) is 0 Å². The van der Waals surface area contributed by atoms with Gasteiger partial charge in [-0.3, -0.25) is 9.69 Å². The Balaban J connectivity index is 1.68. The minimum atomic E-state index is -0.389. The molecule has 1 aliphatic rings. The third-order valence-electron chi connectivity index (χ3n) is 5.31. The van der Waals surface area contributed by atoms with Gasteiger partial charge in [-0.25, -0.2) is 9.79 Å². The molecule has 2 aromatic carbocycles. The SMILES string of the molecule is CCOC(=O)c1cccc(N=C2SC(=Cc3c(C)n(C)c4ccccc34)C(=O)N2C)c1. The number of aromatic nitrogens is 1. The summed E-state index contributed by atoms with van der Waals surface area (Å²) < 4.78 is 7.18. The predicted octanol–water partition coefficient (Wildman–Crippen LogP) is 4.90. The van der Waals surface area contributed by atoms with Crippen molar-refractivity contribution >= 4 is 51.5 Å². The molecular formula is C24H23N3O3S. The number of likely N-dealkylation sites (N-methyl/N-ethyl adjacent to an activating group) is 1. The number of aliphatic imine (C=N–C) groups is 1. The van der Waals surface area contributed by atoms with Gasteiger partial charge in [-0.1, -0.05) is 24.3 Å². The van der Waals surface area contributed by atoms with E-state index in [0.717, 1.165) is 22.2 Å². The molecule has 1 saturated heterocycles. The van der Waals surface area contributed by atoms with E-state index in [1.807, 2.05) is 25.3 Å². The molecule has 0 N–H and O–H groups in total. The number of amides is 1. The average molecular weight is 434 g/mol. The van der Waals surface area contributed by atoms with Crippen molar-refractivity contribution in [3.63, 3.8) is 0 Å². The molecule has 0 aliphatic carbocycles. The summed E-state index contributed by atoms with van der Waals surface area (Å²) in [5.41, 5.74) is 4.28. The Hall–Kier alpha value is -3.32. The maximum absolute atomic E-state index is 12.9. The molecule has 1 fully saturated rings. The molecule has 1 aliphatic heterocycles. The third-order valence-corrected chi connectivity index (χ3v) is 6.37. The number of hydrogen-bond acceptors (Lipinski definition) is 5. The lowest BCUT2D eigenvalue weighted by Crippen LogP contribution is -2.23. The number of para-hydroxylation sites is 1. The zero-order chi connectivity index (χ0) is 22.1. The van der Waals surface area contributed by atoms with Crippen molar-refractivity contribution in [3.05, 3.63) is 70.3 Å². The highest BCUT2D eigenvalue weighted by molar-refractivity contribution is 8.18. The fourth-order valence-electron chi connectivity index (χ4n) is 3.54. The molecule has 158 valence electrons. The van der Waals surface area contributed by atoms with Crippen LogP contribution in [0.5, 0.6) is 0 Å². The van der Waals surface area contributed by atoms with Crippen LogP contribution < -0.4 is 0 Å². The van der Waals surface area contributed by atoms with Crippen LogP contribution in [0.3, 0.4) is 0 Å². The Morgan fingerprint density at radius 3 is 2.71 bits per heavy atom. The third kappa shape index (κ3) is 3.88. The Kier molecular flexibility index (Phi) is 5.69. The van der Waals surface area contributed by atoms with Crippen LogP contribution in [0, 0.1) is 6.92 Å². The number of aryl methyl sites for hydroxylation is 1. The van der Waals surface area contributed by atoms with Gasteiger partial charge < -0.3 is 9.30 Å². The molecule has 3 aromatic rings. The van der Waals surface area contributed by atoms with Crippen LogP contribution in [0.15, 0.2) is 58.4 Å². The number of esters is 1. The second kappa shape index (κ2) is 8.43. The van der Waals surface area contributed by atoms with E-state index < -0.39 is 0 Å². The molecule has 0 bridgehead atoms. The minimum Gasteiger partial charge on any atom is -0.462 e. The van der Waals surface area contributed by atoms with E-state index in [0.29, 0.717) is 27.9 Å². The van der Waals surface area contributed by atoms with Crippen LogP contribution in [0.4, 0.5) is 5.69 Å². The average Bonchev–Trinajstić information content (AvgIpc) is 3.17. The standard InChI is InChI=1S/C24H23N3O3S/c1-5-30-23(29)16-9-8-10-17(13-16)25-24-27(4)22(28)21(31-24)14-19-15(2)26(3)20-12-7-6-11-18(19)20/h6-14H,5H2,1-4H3. The lowest BCUT2D eigenvalue weighted by Gasteiger charge is -2.07. The van der Waals surface area contributed by atoms with Crippen molar-refractivity contribution in [2.24, 2.45) is 12.0 Å². The van der Waals surface area contributed by atoms with Gasteiger partial charge in [0, 0.05) is 36.3 Å². The summed E-state index contributed by atoms with van der Waals surface area (Å²) in [7, 11) is 3.74. The van der Waals surface area contributed by atoms with E-state index in [1.54, 1.807) is 38.2 Å². The number of thioether (sulfide) groups is 1. The molecule has 0 atom stereocenters. The van der Waals surface area contributed by atoms with Crippen LogP contribution in [0.2, 0.25) is 0 Å². The molecule has 6 nitrogen and oxygen atoms in total. The first-order valence-corrected chi connectivity index (χ1v) is 10.8. The molecule has 1 aromatic heterocycles. The fourth-order valence-corrected chi connectivity index (χ4v) is 4.51. The Morgan fingerprint density at radius 1 is 1.16 bits per heavy atom. The van der Waals surface area contributed by atoms with Crippen LogP contribution in [0.1, 0.15) is 28.5 Å².